The van der Waals surface area contributed by atoms with Crippen molar-refractivity contribution >= 4 is 28.8 Å². The third-order valence-corrected chi connectivity index (χ3v) is 3.56. The maximum Gasteiger partial charge on any atom is 0.328 e. The summed E-state index contributed by atoms with van der Waals surface area (Å²) in [6.07, 6.45) is 0. The molecule has 2 amide bonds. The number of nitrogens with zero attached hydrogens (tertiary/aromatic N) is 1. The Bertz CT molecular complexity index is 886. The molecular formula is C18H17N3O4. The van der Waals surface area contributed by atoms with Crippen LogP contribution in [-0.2, 0) is 9.53 Å². The summed E-state index contributed by atoms with van der Waals surface area (Å²) in [5, 5.41) is 5.16. The Morgan fingerprint density at radius 3 is 2.72 bits per heavy atom. The fraction of sp³-hybridized carbons (Fsp3) is 0.167. The van der Waals surface area contributed by atoms with Crippen LogP contribution in [0.3, 0.4) is 0 Å². The first-order valence-corrected chi connectivity index (χ1v) is 7.68. The molecule has 0 spiro atoms. The molecule has 0 aliphatic heterocycles. The van der Waals surface area contributed by atoms with Crippen LogP contribution < -0.4 is 10.6 Å². The van der Waals surface area contributed by atoms with Crippen molar-refractivity contribution in [2.45, 2.75) is 13.0 Å². The topological polar surface area (TPSA) is 93.5 Å². The lowest BCUT2D eigenvalue weighted by molar-refractivity contribution is -0.142. The summed E-state index contributed by atoms with van der Waals surface area (Å²) in [6.45, 7) is 1.54. The van der Waals surface area contributed by atoms with E-state index in [1.54, 1.807) is 25.1 Å². The molecule has 7 nitrogen and oxygen atoms in total. The van der Waals surface area contributed by atoms with E-state index in [0.717, 1.165) is 11.1 Å². The van der Waals surface area contributed by atoms with Crippen molar-refractivity contribution in [1.82, 2.24) is 10.3 Å². The van der Waals surface area contributed by atoms with Crippen LogP contribution in [-0.4, -0.2) is 30.1 Å². The normalized spacial score (nSPS) is 11.8. The Morgan fingerprint density at radius 2 is 1.96 bits per heavy atom. The van der Waals surface area contributed by atoms with E-state index in [9.17, 15) is 9.59 Å². The Morgan fingerprint density at radius 1 is 1.16 bits per heavy atom. The molecule has 1 heterocycles. The number of esters is 1. The molecule has 1 unspecified atom stereocenters. The summed E-state index contributed by atoms with van der Waals surface area (Å²) < 4.78 is 10.3. The van der Waals surface area contributed by atoms with Crippen molar-refractivity contribution in [3.8, 4) is 11.5 Å². The largest absolute Gasteiger partial charge is 0.467 e. The predicted molar refractivity (Wildman–Crippen MR) is 93.1 cm³/mol. The lowest BCUT2D eigenvalue weighted by Gasteiger charge is -2.12. The van der Waals surface area contributed by atoms with Crippen LogP contribution >= 0.6 is 0 Å². The molecule has 128 valence electrons. The van der Waals surface area contributed by atoms with Gasteiger partial charge in [-0.25, -0.2) is 14.6 Å². The predicted octanol–water partition coefficient (Wildman–Crippen LogP) is 3.18. The summed E-state index contributed by atoms with van der Waals surface area (Å²) in [7, 11) is 1.27. The first kappa shape index (κ1) is 16.5. The monoisotopic (exact) mass is 339 g/mol. The third kappa shape index (κ3) is 3.77. The zero-order valence-electron chi connectivity index (χ0n) is 13.8. The molecule has 0 saturated heterocycles. The molecule has 0 radical (unpaired) electrons. The standard InChI is InChI=1S/C18H17N3O4/c1-11(17(22)24-2)19-18(23)20-13-7-5-6-12(10-13)16-21-14-8-3-4-9-15(14)25-16/h3-11H,1-2H3,(H2,19,20,23). The summed E-state index contributed by atoms with van der Waals surface area (Å²) >= 11 is 0. The zero-order valence-corrected chi connectivity index (χ0v) is 13.8. The maximum absolute atomic E-state index is 12.0. The molecule has 3 aromatic rings. The van der Waals surface area contributed by atoms with E-state index in [4.69, 9.17) is 4.42 Å². The molecule has 2 aromatic carbocycles. The number of hydrogen-bond acceptors (Lipinski definition) is 5. The first-order chi connectivity index (χ1) is 12.1. The number of anilines is 1. The van der Waals surface area contributed by atoms with Gasteiger partial charge in [-0.15, -0.1) is 0 Å². The van der Waals surface area contributed by atoms with Crippen LogP contribution in [0, 0.1) is 0 Å². The number of hydrogen-bond donors (Lipinski definition) is 2. The van der Waals surface area contributed by atoms with Gasteiger partial charge >= 0.3 is 12.0 Å². The van der Waals surface area contributed by atoms with E-state index in [1.807, 2.05) is 30.3 Å². The second kappa shape index (κ2) is 7.04. The Balaban J connectivity index is 1.75. The minimum atomic E-state index is -0.745. The molecular weight excluding hydrogens is 322 g/mol. The highest BCUT2D eigenvalue weighted by Crippen LogP contribution is 2.25. The minimum Gasteiger partial charge on any atom is -0.467 e. The fourth-order valence-corrected chi connectivity index (χ4v) is 2.33. The van der Waals surface area contributed by atoms with E-state index in [0.29, 0.717) is 17.2 Å². The molecule has 0 fully saturated rings. The fourth-order valence-electron chi connectivity index (χ4n) is 2.33. The molecule has 7 heteroatoms. The van der Waals surface area contributed by atoms with E-state index < -0.39 is 18.0 Å². The molecule has 0 aliphatic carbocycles. The van der Waals surface area contributed by atoms with Gasteiger partial charge in [0.25, 0.3) is 0 Å². The lowest BCUT2D eigenvalue weighted by Crippen LogP contribution is -2.41. The summed E-state index contributed by atoms with van der Waals surface area (Å²) in [6, 6.07) is 13.3. The second-order valence-electron chi connectivity index (χ2n) is 5.41. The minimum absolute atomic E-state index is 0.466. The zero-order chi connectivity index (χ0) is 17.8. The number of aromatic nitrogens is 1. The summed E-state index contributed by atoms with van der Waals surface area (Å²) in [5.41, 5.74) is 2.74. The van der Waals surface area contributed by atoms with Gasteiger partial charge in [0, 0.05) is 11.3 Å². The molecule has 1 aromatic heterocycles. The molecule has 0 aliphatic rings. The van der Waals surface area contributed by atoms with E-state index in [-0.39, 0.29) is 0 Å². The third-order valence-electron chi connectivity index (χ3n) is 3.56. The Kier molecular flexibility index (Phi) is 4.65. The number of urea groups is 1. The van der Waals surface area contributed by atoms with Crippen molar-refractivity contribution in [2.75, 3.05) is 12.4 Å². The van der Waals surface area contributed by atoms with Crippen molar-refractivity contribution in [3.05, 3.63) is 48.5 Å². The van der Waals surface area contributed by atoms with Crippen molar-refractivity contribution in [1.29, 1.82) is 0 Å². The van der Waals surface area contributed by atoms with Gasteiger partial charge in [0.1, 0.15) is 11.6 Å². The lowest BCUT2D eigenvalue weighted by atomic mass is 10.2. The number of carbonyl (C=O) groups excluding carboxylic acids is 2. The number of oxazole rings is 1. The first-order valence-electron chi connectivity index (χ1n) is 7.68. The molecule has 3 rings (SSSR count). The Labute approximate surface area is 144 Å². The molecule has 1 atom stereocenters. The SMILES string of the molecule is COC(=O)C(C)NC(=O)Nc1cccc(-c2nc3ccccc3o2)c1. The number of nitrogens with one attached hydrogen (secondary N) is 2. The van der Waals surface area contributed by atoms with Crippen molar-refractivity contribution < 1.29 is 18.7 Å². The highest BCUT2D eigenvalue weighted by atomic mass is 16.5. The van der Waals surface area contributed by atoms with Crippen LogP contribution in [0.4, 0.5) is 10.5 Å². The number of rotatable bonds is 4. The maximum atomic E-state index is 12.0. The van der Waals surface area contributed by atoms with Crippen LogP contribution in [0.5, 0.6) is 0 Å². The van der Waals surface area contributed by atoms with Gasteiger partial charge < -0.3 is 19.8 Å². The number of amides is 2. The van der Waals surface area contributed by atoms with Gasteiger partial charge in [-0.1, -0.05) is 18.2 Å². The highest BCUT2D eigenvalue weighted by Gasteiger charge is 2.16. The van der Waals surface area contributed by atoms with Gasteiger partial charge in [0.15, 0.2) is 5.58 Å². The number of methoxy groups -OCH3 is 1. The number of benzene rings is 2. The number of para-hydroxylation sites is 2. The average Bonchev–Trinajstić information content (AvgIpc) is 3.05. The quantitative estimate of drug-likeness (QED) is 0.712. The second-order valence-corrected chi connectivity index (χ2v) is 5.41. The van der Waals surface area contributed by atoms with E-state index in [1.165, 1.54) is 7.11 Å². The molecule has 0 bridgehead atoms. The van der Waals surface area contributed by atoms with Crippen molar-refractivity contribution in [2.24, 2.45) is 0 Å². The van der Waals surface area contributed by atoms with Crippen LogP contribution in [0.15, 0.2) is 52.9 Å². The average molecular weight is 339 g/mol. The summed E-state index contributed by atoms with van der Waals surface area (Å²) in [5.74, 6) is -0.0523. The van der Waals surface area contributed by atoms with Gasteiger partial charge in [0.2, 0.25) is 5.89 Å². The van der Waals surface area contributed by atoms with Gasteiger partial charge in [-0.3, -0.25) is 0 Å². The van der Waals surface area contributed by atoms with Crippen molar-refractivity contribution in [3.63, 3.8) is 0 Å². The number of ether oxygens (including phenoxy) is 1. The van der Waals surface area contributed by atoms with Gasteiger partial charge in [-0.05, 0) is 37.3 Å². The number of carbonyl (C=O) groups is 2. The smallest absolute Gasteiger partial charge is 0.328 e. The number of fused-ring (bicyclic) bond motifs is 1. The molecule has 25 heavy (non-hydrogen) atoms. The van der Waals surface area contributed by atoms with Gasteiger partial charge in [-0.2, -0.15) is 0 Å². The molecule has 0 saturated carbocycles. The Hall–Kier alpha value is -3.35. The highest BCUT2D eigenvalue weighted by molar-refractivity contribution is 5.93. The van der Waals surface area contributed by atoms with Gasteiger partial charge in [0.05, 0.1) is 7.11 Å². The van der Waals surface area contributed by atoms with E-state index >= 15 is 0 Å². The van der Waals surface area contributed by atoms with Crippen LogP contribution in [0.1, 0.15) is 6.92 Å². The molecule has 2 N–H and O–H groups in total. The van der Waals surface area contributed by atoms with E-state index in [2.05, 4.69) is 20.4 Å². The van der Waals surface area contributed by atoms with Crippen LogP contribution in [0.2, 0.25) is 0 Å². The van der Waals surface area contributed by atoms with Crippen LogP contribution in [0.25, 0.3) is 22.6 Å². The summed E-state index contributed by atoms with van der Waals surface area (Å²) in [4.78, 5) is 27.7.